The highest BCUT2D eigenvalue weighted by Crippen LogP contribution is 2.53. The van der Waals surface area contributed by atoms with Gasteiger partial charge in [0.1, 0.15) is 0 Å². The molecule has 1 aliphatic heterocycles. The van der Waals surface area contributed by atoms with Crippen LogP contribution in [0.5, 0.6) is 0 Å². The third kappa shape index (κ3) is 1.79. The second kappa shape index (κ2) is 5.07. The molecule has 130 valence electrons. The number of rotatable bonds is 2. The summed E-state index contributed by atoms with van der Waals surface area (Å²) in [4.78, 5) is 0. The van der Waals surface area contributed by atoms with E-state index in [-0.39, 0.29) is 11.0 Å². The predicted octanol–water partition coefficient (Wildman–Crippen LogP) is 5.55. The summed E-state index contributed by atoms with van der Waals surface area (Å²) in [5, 5.41) is 1.40. The van der Waals surface area contributed by atoms with E-state index in [1.807, 2.05) is 0 Å². The molecule has 0 bridgehead atoms. The van der Waals surface area contributed by atoms with E-state index in [0.717, 1.165) is 6.42 Å². The van der Waals surface area contributed by atoms with E-state index in [0.29, 0.717) is 5.92 Å². The molecule has 1 aromatic heterocycles. The monoisotopic (exact) mass is 340 g/mol. The third-order valence-electron chi connectivity index (χ3n) is 6.71. The lowest BCUT2D eigenvalue weighted by Gasteiger charge is -2.49. The minimum Gasteiger partial charge on any atom is -0.181 e. The van der Waals surface area contributed by atoms with Gasteiger partial charge in [-0.1, -0.05) is 50.3 Å². The van der Waals surface area contributed by atoms with E-state index >= 15 is 0 Å². The van der Waals surface area contributed by atoms with Crippen molar-refractivity contribution in [3.63, 3.8) is 0 Å². The molecule has 2 heterocycles. The Balaban J connectivity index is 1.89. The summed E-state index contributed by atoms with van der Waals surface area (Å²) in [6.45, 7) is 9.38. The van der Waals surface area contributed by atoms with Crippen LogP contribution in [0.15, 0.2) is 66.7 Å². The van der Waals surface area contributed by atoms with Gasteiger partial charge in [0.15, 0.2) is 5.54 Å². The molecule has 5 rings (SSSR count). The molecular weight excluding hydrogens is 314 g/mol. The lowest BCUT2D eigenvalue weighted by atomic mass is 9.56. The Labute approximate surface area is 156 Å². The van der Waals surface area contributed by atoms with Crippen molar-refractivity contribution in [2.24, 2.45) is 5.92 Å². The molecule has 0 spiro atoms. The number of hydrogen-bond acceptors (Lipinski definition) is 0. The smallest absolute Gasteiger partial charge is 0.181 e. The summed E-state index contributed by atoms with van der Waals surface area (Å²) >= 11 is 0. The van der Waals surface area contributed by atoms with Gasteiger partial charge in [0.25, 0.3) is 0 Å². The Morgan fingerprint density at radius 2 is 1.69 bits per heavy atom. The number of hydrogen-bond donors (Lipinski definition) is 0. The Hall–Kier alpha value is -2.41. The maximum atomic E-state index is 2.59. The van der Waals surface area contributed by atoms with Crippen molar-refractivity contribution >= 4 is 10.9 Å². The van der Waals surface area contributed by atoms with E-state index in [4.69, 9.17) is 0 Å². The summed E-state index contributed by atoms with van der Waals surface area (Å²) < 4.78 is 2.59. The van der Waals surface area contributed by atoms with Gasteiger partial charge in [-0.05, 0) is 48.6 Å². The predicted molar refractivity (Wildman–Crippen MR) is 108 cm³/mol. The molecule has 26 heavy (non-hydrogen) atoms. The van der Waals surface area contributed by atoms with Crippen LogP contribution in [0.4, 0.5) is 0 Å². The summed E-state index contributed by atoms with van der Waals surface area (Å²) in [7, 11) is 0. The van der Waals surface area contributed by atoms with Gasteiger partial charge in [0.2, 0.25) is 11.2 Å². The van der Waals surface area contributed by atoms with Crippen molar-refractivity contribution in [2.45, 2.75) is 45.1 Å². The van der Waals surface area contributed by atoms with E-state index in [2.05, 4.69) is 99.0 Å². The normalized spacial score (nSPS) is 25.6. The van der Waals surface area contributed by atoms with E-state index in [9.17, 15) is 0 Å². The molecule has 0 saturated carbocycles. The van der Waals surface area contributed by atoms with Gasteiger partial charge in [-0.15, -0.1) is 0 Å². The number of benzene rings is 2. The zero-order valence-electron chi connectivity index (χ0n) is 16.1. The summed E-state index contributed by atoms with van der Waals surface area (Å²) in [5.74, 6) is 0.659. The first-order valence-corrected chi connectivity index (χ1v) is 9.73. The average Bonchev–Trinajstić information content (AvgIpc) is 2.64. The topological polar surface area (TPSA) is 3.88 Å². The maximum Gasteiger partial charge on any atom is 0.214 e. The van der Waals surface area contributed by atoms with Crippen molar-refractivity contribution in [2.75, 3.05) is 0 Å². The first kappa shape index (κ1) is 15.8. The SMILES string of the molecule is CC(C)Cc1cccc2c1ccc1[n+]2C2(C)C=CC2(C)c2ccccc2-1. The van der Waals surface area contributed by atoms with Gasteiger partial charge in [0.05, 0.1) is 11.0 Å². The first-order valence-electron chi connectivity index (χ1n) is 9.73. The molecule has 2 aliphatic rings. The van der Waals surface area contributed by atoms with Crippen LogP contribution in [-0.2, 0) is 17.4 Å². The van der Waals surface area contributed by atoms with Gasteiger partial charge in [-0.25, -0.2) is 0 Å². The van der Waals surface area contributed by atoms with Crippen LogP contribution in [0.25, 0.3) is 22.2 Å². The van der Waals surface area contributed by atoms with Crippen molar-refractivity contribution in [1.29, 1.82) is 0 Å². The molecule has 2 unspecified atom stereocenters. The first-order chi connectivity index (χ1) is 12.5. The number of fused-ring (bicyclic) bond motifs is 8. The van der Waals surface area contributed by atoms with E-state index in [1.54, 1.807) is 0 Å². The van der Waals surface area contributed by atoms with Crippen LogP contribution in [0, 0.1) is 5.92 Å². The molecule has 1 nitrogen and oxygen atoms in total. The fourth-order valence-electron chi connectivity index (χ4n) is 5.09. The number of aromatic nitrogens is 1. The van der Waals surface area contributed by atoms with Crippen LogP contribution >= 0.6 is 0 Å². The summed E-state index contributed by atoms with van der Waals surface area (Å²) in [6.07, 6.45) is 5.90. The van der Waals surface area contributed by atoms with Gasteiger partial charge in [-0.3, -0.25) is 0 Å². The highest BCUT2D eigenvalue weighted by molar-refractivity contribution is 5.83. The Morgan fingerprint density at radius 1 is 0.885 bits per heavy atom. The largest absolute Gasteiger partial charge is 0.214 e. The molecule has 0 N–H and O–H groups in total. The molecule has 0 amide bonds. The number of pyridine rings is 1. The van der Waals surface area contributed by atoms with Crippen molar-refractivity contribution in [1.82, 2.24) is 0 Å². The van der Waals surface area contributed by atoms with Crippen molar-refractivity contribution < 1.29 is 4.57 Å². The molecule has 1 aliphatic carbocycles. The van der Waals surface area contributed by atoms with Crippen molar-refractivity contribution in [3.05, 3.63) is 77.9 Å². The van der Waals surface area contributed by atoms with Crippen LogP contribution in [0.3, 0.4) is 0 Å². The van der Waals surface area contributed by atoms with E-state index in [1.165, 1.54) is 33.3 Å². The van der Waals surface area contributed by atoms with Gasteiger partial charge < -0.3 is 0 Å². The van der Waals surface area contributed by atoms with Gasteiger partial charge in [-0.2, -0.15) is 4.57 Å². The van der Waals surface area contributed by atoms with Gasteiger partial charge in [0, 0.05) is 24.4 Å². The lowest BCUT2D eigenvalue weighted by molar-refractivity contribution is -0.731. The number of nitrogens with zero attached hydrogens (tertiary/aromatic N) is 1. The third-order valence-corrected chi connectivity index (χ3v) is 6.71. The van der Waals surface area contributed by atoms with Crippen LogP contribution in [-0.4, -0.2) is 0 Å². The van der Waals surface area contributed by atoms with Crippen molar-refractivity contribution in [3.8, 4) is 11.3 Å². The highest BCUT2D eigenvalue weighted by atomic mass is 15.1. The molecule has 1 heteroatoms. The quantitative estimate of drug-likeness (QED) is 0.425. The second-order valence-corrected chi connectivity index (χ2v) is 8.73. The van der Waals surface area contributed by atoms with E-state index < -0.39 is 0 Å². The molecule has 2 aromatic carbocycles. The molecule has 2 atom stereocenters. The summed E-state index contributed by atoms with van der Waals surface area (Å²) in [6, 6.07) is 20.4. The molecule has 0 radical (unpaired) electrons. The average molecular weight is 340 g/mol. The number of allylic oxidation sites excluding steroid dienone is 2. The fourth-order valence-corrected chi connectivity index (χ4v) is 5.09. The molecule has 0 fully saturated rings. The fraction of sp³-hybridized carbons (Fsp3) is 0.320. The Kier molecular flexibility index (Phi) is 3.08. The van der Waals surface area contributed by atoms with Crippen LogP contribution in [0.2, 0.25) is 0 Å². The Bertz CT molecular complexity index is 1070. The minimum absolute atomic E-state index is 0.0212. The standard InChI is InChI=1S/C25H26N/c1-17(2)16-18-8-7-11-22-19(18)12-13-23-20-9-5-6-10-21(20)24(3)14-15-25(24,4)26(22)23/h5-15,17H,16H2,1-4H3/q+1. The maximum absolute atomic E-state index is 2.59. The zero-order valence-corrected chi connectivity index (χ0v) is 16.1. The molecule has 3 aromatic rings. The zero-order chi connectivity index (χ0) is 18.1. The second-order valence-electron chi connectivity index (χ2n) is 8.73. The Morgan fingerprint density at radius 3 is 2.42 bits per heavy atom. The highest BCUT2D eigenvalue weighted by Gasteiger charge is 2.61. The molecular formula is C25H26N+. The van der Waals surface area contributed by atoms with Crippen LogP contribution < -0.4 is 4.57 Å². The minimum atomic E-state index is -0.0212. The summed E-state index contributed by atoms with van der Waals surface area (Å²) in [5.41, 5.74) is 6.99. The van der Waals surface area contributed by atoms with Crippen LogP contribution in [0.1, 0.15) is 38.8 Å². The lowest BCUT2D eigenvalue weighted by Crippen LogP contribution is -2.70. The van der Waals surface area contributed by atoms with Gasteiger partial charge >= 0.3 is 0 Å². The molecule has 0 saturated heterocycles.